The number of nitrogens with one attached hydrogen (secondary N) is 1. The van der Waals surface area contributed by atoms with Crippen LogP contribution >= 0.6 is 0 Å². The summed E-state index contributed by atoms with van der Waals surface area (Å²) in [7, 11) is 0. The zero-order valence-corrected chi connectivity index (χ0v) is 12.5. The fraction of sp³-hybridized carbons (Fsp3) is 0.438. The van der Waals surface area contributed by atoms with E-state index in [-0.39, 0.29) is 12.1 Å². The Morgan fingerprint density at radius 1 is 1.32 bits per heavy atom. The highest BCUT2D eigenvalue weighted by atomic mass is 16.6. The second kappa shape index (κ2) is 6.70. The van der Waals surface area contributed by atoms with Crippen LogP contribution in [0.1, 0.15) is 35.9 Å². The average Bonchev–Trinajstić information content (AvgIpc) is 3.05. The van der Waals surface area contributed by atoms with Gasteiger partial charge >= 0.3 is 5.97 Å². The summed E-state index contributed by atoms with van der Waals surface area (Å²) in [6.07, 6.45) is 2.30. The molecule has 0 radical (unpaired) electrons. The first-order valence-corrected chi connectivity index (χ1v) is 7.56. The van der Waals surface area contributed by atoms with Gasteiger partial charge < -0.3 is 9.47 Å². The van der Waals surface area contributed by atoms with E-state index in [9.17, 15) is 4.79 Å². The van der Waals surface area contributed by atoms with Crippen LogP contribution in [0.15, 0.2) is 24.3 Å². The van der Waals surface area contributed by atoms with Crippen molar-refractivity contribution in [1.29, 1.82) is 0 Å². The van der Waals surface area contributed by atoms with Gasteiger partial charge in [-0.2, -0.15) is 5.10 Å². The minimum absolute atomic E-state index is 0.0407. The Hall–Kier alpha value is -2.21. The molecule has 0 aliphatic carbocycles. The molecule has 2 heterocycles. The topological polar surface area (TPSA) is 77.1 Å². The van der Waals surface area contributed by atoms with Crippen molar-refractivity contribution >= 4 is 5.97 Å². The van der Waals surface area contributed by atoms with Crippen molar-refractivity contribution in [3.05, 3.63) is 35.7 Å². The van der Waals surface area contributed by atoms with Gasteiger partial charge in [0.15, 0.2) is 5.82 Å². The Balaban J connectivity index is 1.66. The second-order valence-electron chi connectivity index (χ2n) is 5.25. The molecule has 0 spiro atoms. The van der Waals surface area contributed by atoms with Crippen molar-refractivity contribution in [2.75, 3.05) is 13.2 Å². The van der Waals surface area contributed by atoms with Crippen LogP contribution in [0.4, 0.5) is 0 Å². The number of aromatic nitrogens is 3. The predicted molar refractivity (Wildman–Crippen MR) is 80.5 cm³/mol. The highest BCUT2D eigenvalue weighted by molar-refractivity contribution is 5.90. The van der Waals surface area contributed by atoms with Crippen molar-refractivity contribution in [2.45, 2.75) is 32.3 Å². The molecule has 6 heteroatoms. The standard InChI is InChI=1S/C16H19N3O3/c1-2-14-17-15(19-18-14)11-3-5-12(6-4-11)16(20)22-13-7-9-21-10-8-13/h3-6,13H,2,7-10H2,1H3,(H,17,18,19). The van der Waals surface area contributed by atoms with Gasteiger partial charge in [-0.1, -0.05) is 19.1 Å². The normalized spacial score (nSPS) is 15.7. The Kier molecular flexibility index (Phi) is 4.48. The molecule has 0 saturated carbocycles. The third kappa shape index (κ3) is 3.33. The molecular formula is C16H19N3O3. The molecule has 0 unspecified atom stereocenters. The van der Waals surface area contributed by atoms with Gasteiger partial charge in [0.1, 0.15) is 11.9 Å². The molecule has 1 N–H and O–H groups in total. The monoisotopic (exact) mass is 301 g/mol. The molecule has 1 aromatic heterocycles. The van der Waals surface area contributed by atoms with Gasteiger partial charge in [-0.05, 0) is 12.1 Å². The van der Waals surface area contributed by atoms with Crippen LogP contribution in [-0.2, 0) is 15.9 Å². The summed E-state index contributed by atoms with van der Waals surface area (Å²) in [4.78, 5) is 16.5. The maximum absolute atomic E-state index is 12.1. The van der Waals surface area contributed by atoms with Crippen molar-refractivity contribution in [3.63, 3.8) is 0 Å². The minimum Gasteiger partial charge on any atom is -0.459 e. The molecule has 1 aliphatic rings. The summed E-state index contributed by atoms with van der Waals surface area (Å²) >= 11 is 0. The second-order valence-corrected chi connectivity index (χ2v) is 5.25. The zero-order chi connectivity index (χ0) is 15.4. The molecule has 1 aliphatic heterocycles. The number of carbonyl (C=O) groups is 1. The quantitative estimate of drug-likeness (QED) is 0.877. The Morgan fingerprint density at radius 2 is 2.05 bits per heavy atom. The minimum atomic E-state index is -0.289. The third-order valence-electron chi connectivity index (χ3n) is 3.69. The fourth-order valence-electron chi connectivity index (χ4n) is 2.35. The van der Waals surface area contributed by atoms with Gasteiger partial charge in [0.2, 0.25) is 0 Å². The molecule has 0 atom stereocenters. The number of nitrogens with zero attached hydrogens (tertiary/aromatic N) is 2. The number of ether oxygens (including phenoxy) is 2. The SMILES string of the molecule is CCc1nc(-c2ccc(C(=O)OC3CCOCC3)cc2)n[nH]1. The van der Waals surface area contributed by atoms with E-state index in [1.807, 2.05) is 19.1 Å². The van der Waals surface area contributed by atoms with Gasteiger partial charge in [0.25, 0.3) is 0 Å². The molecule has 2 aromatic rings. The van der Waals surface area contributed by atoms with E-state index in [0.29, 0.717) is 24.6 Å². The molecule has 3 rings (SSSR count). The predicted octanol–water partition coefficient (Wildman–Crippen LogP) is 2.37. The molecule has 1 aromatic carbocycles. The number of carbonyl (C=O) groups excluding carboxylic acids is 1. The van der Waals surface area contributed by atoms with E-state index in [4.69, 9.17) is 9.47 Å². The third-order valence-corrected chi connectivity index (χ3v) is 3.69. The fourth-order valence-corrected chi connectivity index (χ4v) is 2.35. The van der Waals surface area contributed by atoms with Crippen LogP contribution in [0, 0.1) is 0 Å². The maximum atomic E-state index is 12.1. The van der Waals surface area contributed by atoms with Gasteiger partial charge in [-0.25, -0.2) is 9.78 Å². The molecule has 6 nitrogen and oxygen atoms in total. The highest BCUT2D eigenvalue weighted by Crippen LogP contribution is 2.18. The first kappa shape index (κ1) is 14.7. The van der Waals surface area contributed by atoms with E-state index < -0.39 is 0 Å². The van der Waals surface area contributed by atoms with E-state index in [1.54, 1.807) is 12.1 Å². The van der Waals surface area contributed by atoms with Crippen LogP contribution in [-0.4, -0.2) is 40.5 Å². The number of H-pyrrole nitrogens is 1. The lowest BCUT2D eigenvalue weighted by atomic mass is 10.1. The lowest BCUT2D eigenvalue weighted by molar-refractivity contribution is -0.0159. The number of hydrogen-bond donors (Lipinski definition) is 1. The van der Waals surface area contributed by atoms with E-state index >= 15 is 0 Å². The van der Waals surface area contributed by atoms with Gasteiger partial charge in [-0.15, -0.1) is 0 Å². The summed E-state index contributed by atoms with van der Waals surface area (Å²) in [6.45, 7) is 3.32. The summed E-state index contributed by atoms with van der Waals surface area (Å²) in [5.41, 5.74) is 1.42. The highest BCUT2D eigenvalue weighted by Gasteiger charge is 2.19. The molecule has 1 fully saturated rings. The summed E-state index contributed by atoms with van der Waals surface area (Å²) in [5.74, 6) is 1.20. The van der Waals surface area contributed by atoms with E-state index in [1.165, 1.54) is 0 Å². The van der Waals surface area contributed by atoms with Gasteiger partial charge in [0, 0.05) is 24.8 Å². The number of hydrogen-bond acceptors (Lipinski definition) is 5. The van der Waals surface area contributed by atoms with Crippen molar-refractivity contribution in [3.8, 4) is 11.4 Å². The van der Waals surface area contributed by atoms with Crippen LogP contribution < -0.4 is 0 Å². The van der Waals surface area contributed by atoms with Crippen LogP contribution in [0.3, 0.4) is 0 Å². The van der Waals surface area contributed by atoms with Crippen molar-refractivity contribution in [2.24, 2.45) is 0 Å². The van der Waals surface area contributed by atoms with E-state index in [0.717, 1.165) is 30.7 Å². The Bertz CT molecular complexity index is 630. The molecule has 116 valence electrons. The summed E-state index contributed by atoms with van der Waals surface area (Å²) < 4.78 is 10.7. The first-order chi connectivity index (χ1) is 10.8. The summed E-state index contributed by atoms with van der Waals surface area (Å²) in [5, 5.41) is 7.04. The molecule has 1 saturated heterocycles. The molecule has 22 heavy (non-hydrogen) atoms. The lowest BCUT2D eigenvalue weighted by Crippen LogP contribution is -2.26. The van der Waals surface area contributed by atoms with Gasteiger partial charge in [0.05, 0.1) is 18.8 Å². The van der Waals surface area contributed by atoms with Crippen LogP contribution in [0.25, 0.3) is 11.4 Å². The van der Waals surface area contributed by atoms with Gasteiger partial charge in [-0.3, -0.25) is 5.10 Å². The maximum Gasteiger partial charge on any atom is 0.338 e. The molecule has 0 bridgehead atoms. The van der Waals surface area contributed by atoms with Crippen LogP contribution in [0.5, 0.6) is 0 Å². The smallest absolute Gasteiger partial charge is 0.338 e. The average molecular weight is 301 g/mol. The summed E-state index contributed by atoms with van der Waals surface area (Å²) in [6, 6.07) is 7.17. The molecular weight excluding hydrogens is 282 g/mol. The van der Waals surface area contributed by atoms with Crippen molar-refractivity contribution in [1.82, 2.24) is 15.2 Å². The number of aryl methyl sites for hydroxylation is 1. The number of aromatic amines is 1. The van der Waals surface area contributed by atoms with Crippen molar-refractivity contribution < 1.29 is 14.3 Å². The van der Waals surface area contributed by atoms with Crippen LogP contribution in [0.2, 0.25) is 0 Å². The lowest BCUT2D eigenvalue weighted by Gasteiger charge is -2.22. The number of rotatable bonds is 4. The largest absolute Gasteiger partial charge is 0.459 e. The number of esters is 1. The number of benzene rings is 1. The Morgan fingerprint density at radius 3 is 2.68 bits per heavy atom. The zero-order valence-electron chi connectivity index (χ0n) is 12.5. The Labute approximate surface area is 128 Å². The van der Waals surface area contributed by atoms with E-state index in [2.05, 4.69) is 15.2 Å². The molecule has 0 amide bonds. The first-order valence-electron chi connectivity index (χ1n) is 7.56.